The first kappa shape index (κ1) is 15.2. The Kier molecular flexibility index (Phi) is 3.98. The first-order valence-electron chi connectivity index (χ1n) is 8.57. The van der Waals surface area contributed by atoms with E-state index in [1.165, 1.54) is 19.4 Å². The lowest BCUT2D eigenvalue weighted by Crippen LogP contribution is -2.26. The molecule has 0 saturated carbocycles. The van der Waals surface area contributed by atoms with Crippen LogP contribution in [0.4, 0.5) is 0 Å². The van der Waals surface area contributed by atoms with Gasteiger partial charge >= 0.3 is 0 Å². The number of likely N-dealkylation sites (tertiary alicyclic amines) is 1. The van der Waals surface area contributed by atoms with Crippen molar-refractivity contribution in [2.24, 2.45) is 5.16 Å². The highest BCUT2D eigenvalue weighted by Gasteiger charge is 2.25. The number of oxime groups is 1. The summed E-state index contributed by atoms with van der Waals surface area (Å²) in [6.45, 7) is 1.91. The minimum Gasteiger partial charge on any atom is -0.494 e. The van der Waals surface area contributed by atoms with E-state index in [4.69, 9.17) is 4.74 Å². The Labute approximate surface area is 142 Å². The van der Waals surface area contributed by atoms with Crippen molar-refractivity contribution in [1.82, 2.24) is 4.90 Å². The van der Waals surface area contributed by atoms with Crippen LogP contribution in [0.1, 0.15) is 30.4 Å². The van der Waals surface area contributed by atoms with Gasteiger partial charge in [0.2, 0.25) is 0 Å². The zero-order valence-electron chi connectivity index (χ0n) is 13.9. The summed E-state index contributed by atoms with van der Waals surface area (Å²) in [5.74, 6) is 0.836. The molecule has 1 fully saturated rings. The minimum atomic E-state index is 0.626. The highest BCUT2D eigenvalue weighted by molar-refractivity contribution is 6.24. The molecule has 1 saturated heterocycles. The number of hydrogen-bond donors (Lipinski definition) is 1. The molecule has 0 bridgehead atoms. The molecular weight excluding hydrogens is 300 g/mol. The Morgan fingerprint density at radius 2 is 1.92 bits per heavy atom. The fourth-order valence-electron chi connectivity index (χ4n) is 3.88. The Morgan fingerprint density at radius 3 is 2.67 bits per heavy atom. The number of benzene rings is 2. The van der Waals surface area contributed by atoms with Gasteiger partial charge in [0.15, 0.2) is 0 Å². The molecule has 1 atom stereocenters. The number of hydrogen-bond acceptors (Lipinski definition) is 4. The van der Waals surface area contributed by atoms with Crippen molar-refractivity contribution < 1.29 is 9.94 Å². The van der Waals surface area contributed by atoms with Gasteiger partial charge in [-0.15, -0.1) is 0 Å². The van der Waals surface area contributed by atoms with Crippen LogP contribution in [-0.4, -0.2) is 42.1 Å². The second-order valence-corrected chi connectivity index (χ2v) is 6.62. The standard InChI is InChI=1S/C20H22N2O2/c1-22-11-4-5-14(22)10-12-24-15-8-9-17-16-6-2-3-7-18(16)20(21-23)19(17)13-15/h2-3,6-9,13-14,23H,4-5,10-12H2,1H3/b21-20-. The topological polar surface area (TPSA) is 45.1 Å². The molecule has 1 heterocycles. The zero-order chi connectivity index (χ0) is 16.5. The Hall–Kier alpha value is -2.33. The summed E-state index contributed by atoms with van der Waals surface area (Å²) in [4.78, 5) is 2.42. The fraction of sp³-hybridized carbons (Fsp3) is 0.350. The summed E-state index contributed by atoms with van der Waals surface area (Å²) in [7, 11) is 2.19. The normalized spacial score (nSPS) is 21.0. The molecule has 124 valence electrons. The van der Waals surface area contributed by atoms with Crippen LogP contribution in [0.5, 0.6) is 5.75 Å². The molecule has 1 N–H and O–H groups in total. The van der Waals surface area contributed by atoms with Crippen molar-refractivity contribution >= 4 is 5.71 Å². The predicted molar refractivity (Wildman–Crippen MR) is 95.1 cm³/mol. The van der Waals surface area contributed by atoms with Gasteiger partial charge in [-0.2, -0.15) is 0 Å². The lowest BCUT2D eigenvalue weighted by Gasteiger charge is -2.19. The molecule has 4 nitrogen and oxygen atoms in total. The monoisotopic (exact) mass is 322 g/mol. The maximum Gasteiger partial charge on any atom is 0.120 e. The summed E-state index contributed by atoms with van der Waals surface area (Å²) in [5.41, 5.74) is 4.75. The Bertz CT molecular complexity index is 785. The predicted octanol–water partition coefficient (Wildman–Crippen LogP) is 3.76. The van der Waals surface area contributed by atoms with Crippen molar-refractivity contribution in [3.63, 3.8) is 0 Å². The fourth-order valence-corrected chi connectivity index (χ4v) is 3.88. The molecule has 24 heavy (non-hydrogen) atoms. The molecule has 1 aliphatic carbocycles. The molecule has 2 aliphatic rings. The van der Waals surface area contributed by atoms with E-state index in [0.717, 1.165) is 34.4 Å². The van der Waals surface area contributed by atoms with Gasteiger partial charge < -0.3 is 14.8 Å². The van der Waals surface area contributed by atoms with Gasteiger partial charge in [-0.3, -0.25) is 0 Å². The lowest BCUT2D eigenvalue weighted by molar-refractivity contribution is 0.233. The minimum absolute atomic E-state index is 0.626. The molecule has 2 aromatic rings. The third kappa shape index (κ3) is 2.57. The van der Waals surface area contributed by atoms with Crippen LogP contribution in [0.2, 0.25) is 0 Å². The number of rotatable bonds is 4. The van der Waals surface area contributed by atoms with Crippen molar-refractivity contribution in [3.05, 3.63) is 53.6 Å². The van der Waals surface area contributed by atoms with Crippen molar-refractivity contribution in [3.8, 4) is 16.9 Å². The molecular formula is C20H22N2O2. The van der Waals surface area contributed by atoms with Crippen LogP contribution >= 0.6 is 0 Å². The highest BCUT2D eigenvalue weighted by Crippen LogP contribution is 2.38. The van der Waals surface area contributed by atoms with Crippen molar-refractivity contribution in [1.29, 1.82) is 0 Å². The van der Waals surface area contributed by atoms with Crippen molar-refractivity contribution in [2.75, 3.05) is 20.2 Å². The molecule has 4 heteroatoms. The zero-order valence-corrected chi connectivity index (χ0v) is 13.9. The first-order chi connectivity index (χ1) is 11.8. The molecule has 0 aromatic heterocycles. The Morgan fingerprint density at radius 1 is 1.12 bits per heavy atom. The van der Waals surface area contributed by atoms with E-state index >= 15 is 0 Å². The van der Waals surface area contributed by atoms with E-state index in [1.807, 2.05) is 30.3 Å². The summed E-state index contributed by atoms with van der Waals surface area (Å²) >= 11 is 0. The first-order valence-corrected chi connectivity index (χ1v) is 8.57. The van der Waals surface area contributed by atoms with E-state index in [-0.39, 0.29) is 0 Å². The van der Waals surface area contributed by atoms with Gasteiger partial charge in [-0.1, -0.05) is 29.4 Å². The maximum absolute atomic E-state index is 9.44. The van der Waals surface area contributed by atoms with Gasteiger partial charge in [0.1, 0.15) is 11.5 Å². The highest BCUT2D eigenvalue weighted by atomic mass is 16.5. The van der Waals surface area contributed by atoms with Gasteiger partial charge in [0.05, 0.1) is 6.61 Å². The third-order valence-electron chi connectivity index (χ3n) is 5.21. The van der Waals surface area contributed by atoms with Gasteiger partial charge in [-0.05, 0) is 62.2 Å². The number of ether oxygens (including phenoxy) is 1. The van der Waals surface area contributed by atoms with E-state index < -0.39 is 0 Å². The molecule has 2 aromatic carbocycles. The van der Waals surface area contributed by atoms with Crippen LogP contribution < -0.4 is 4.74 Å². The van der Waals surface area contributed by atoms with Crippen LogP contribution in [0.3, 0.4) is 0 Å². The molecule has 4 rings (SSSR count). The SMILES string of the molecule is CN1CCCC1CCOc1ccc2c(c1)/C(=N\O)c1ccccc1-2. The van der Waals surface area contributed by atoms with E-state index in [2.05, 4.69) is 29.2 Å². The van der Waals surface area contributed by atoms with Crippen LogP contribution in [0, 0.1) is 0 Å². The van der Waals surface area contributed by atoms with Crippen LogP contribution in [-0.2, 0) is 0 Å². The van der Waals surface area contributed by atoms with Crippen LogP contribution in [0.15, 0.2) is 47.6 Å². The summed E-state index contributed by atoms with van der Waals surface area (Å²) in [5, 5.41) is 13.0. The largest absolute Gasteiger partial charge is 0.494 e. The lowest BCUT2D eigenvalue weighted by atomic mass is 10.1. The molecule has 0 radical (unpaired) electrons. The van der Waals surface area contributed by atoms with Gasteiger partial charge in [0.25, 0.3) is 0 Å². The Balaban J connectivity index is 1.51. The molecule has 1 unspecified atom stereocenters. The quantitative estimate of drug-likeness (QED) is 0.587. The molecule has 0 spiro atoms. The second-order valence-electron chi connectivity index (χ2n) is 6.62. The smallest absolute Gasteiger partial charge is 0.120 e. The summed E-state index contributed by atoms with van der Waals surface area (Å²) in [6.07, 6.45) is 3.60. The average molecular weight is 322 g/mol. The maximum atomic E-state index is 9.44. The number of fused-ring (bicyclic) bond motifs is 3. The van der Waals surface area contributed by atoms with Gasteiger partial charge in [0, 0.05) is 17.2 Å². The second kappa shape index (κ2) is 6.29. The van der Waals surface area contributed by atoms with E-state index in [9.17, 15) is 5.21 Å². The average Bonchev–Trinajstić information content (AvgIpc) is 3.15. The van der Waals surface area contributed by atoms with Gasteiger partial charge in [-0.25, -0.2) is 0 Å². The van der Waals surface area contributed by atoms with Crippen LogP contribution in [0.25, 0.3) is 11.1 Å². The summed E-state index contributed by atoms with van der Waals surface area (Å²) in [6, 6.07) is 14.7. The molecule has 0 amide bonds. The number of nitrogens with zero attached hydrogens (tertiary/aromatic N) is 2. The molecule has 1 aliphatic heterocycles. The van der Waals surface area contributed by atoms with E-state index in [0.29, 0.717) is 18.4 Å². The van der Waals surface area contributed by atoms with Crippen molar-refractivity contribution in [2.45, 2.75) is 25.3 Å². The van der Waals surface area contributed by atoms with E-state index in [1.54, 1.807) is 0 Å². The summed E-state index contributed by atoms with van der Waals surface area (Å²) < 4.78 is 5.97. The third-order valence-corrected chi connectivity index (χ3v) is 5.21.